The molecule has 2 N–H and O–H groups in total. The summed E-state index contributed by atoms with van der Waals surface area (Å²) < 4.78 is 0. The molecule has 0 spiro atoms. The molecule has 0 saturated heterocycles. The van der Waals surface area contributed by atoms with E-state index in [0.29, 0.717) is 11.7 Å². The van der Waals surface area contributed by atoms with Crippen LogP contribution in [0.15, 0.2) is 30.3 Å². The van der Waals surface area contributed by atoms with E-state index >= 15 is 0 Å². The fourth-order valence-corrected chi connectivity index (χ4v) is 2.11. The molecule has 3 nitrogen and oxygen atoms in total. The second kappa shape index (κ2) is 4.41. The highest BCUT2D eigenvalue weighted by atomic mass is 15.0. The average molecular weight is 239 g/mol. The Morgan fingerprint density at radius 1 is 1.22 bits per heavy atom. The van der Waals surface area contributed by atoms with Gasteiger partial charge in [0.05, 0.1) is 5.69 Å². The predicted octanol–water partition coefficient (Wildman–Crippen LogP) is 3.17. The molecule has 0 unspecified atom stereocenters. The first kappa shape index (κ1) is 11.2. The Bertz CT molecular complexity index is 574. The van der Waals surface area contributed by atoms with Crippen LogP contribution in [0.4, 0.5) is 5.82 Å². The third kappa shape index (κ3) is 2.21. The molecular formula is C15H17N3. The maximum atomic E-state index is 5.88. The van der Waals surface area contributed by atoms with Crippen LogP contribution in [0.1, 0.15) is 37.1 Å². The maximum Gasteiger partial charge on any atom is 0.134 e. The minimum absolute atomic E-state index is 0.529. The van der Waals surface area contributed by atoms with Crippen molar-refractivity contribution in [2.45, 2.75) is 32.1 Å². The van der Waals surface area contributed by atoms with E-state index in [0.717, 1.165) is 23.5 Å². The zero-order chi connectivity index (χ0) is 12.5. The van der Waals surface area contributed by atoms with Gasteiger partial charge in [0.25, 0.3) is 0 Å². The van der Waals surface area contributed by atoms with Gasteiger partial charge in [0.15, 0.2) is 0 Å². The second-order valence-corrected chi connectivity index (χ2v) is 4.86. The van der Waals surface area contributed by atoms with Crippen molar-refractivity contribution in [1.29, 1.82) is 0 Å². The van der Waals surface area contributed by atoms with E-state index in [2.05, 4.69) is 41.2 Å². The largest absolute Gasteiger partial charge is 0.384 e. The molecule has 3 heteroatoms. The van der Waals surface area contributed by atoms with Gasteiger partial charge in [-0.2, -0.15) is 0 Å². The van der Waals surface area contributed by atoms with Crippen molar-refractivity contribution in [3.63, 3.8) is 0 Å². The lowest BCUT2D eigenvalue weighted by Crippen LogP contribution is -2.00. The van der Waals surface area contributed by atoms with Crippen molar-refractivity contribution < 1.29 is 0 Å². The first-order chi connectivity index (χ1) is 8.76. The van der Waals surface area contributed by atoms with Crippen LogP contribution in [-0.2, 0) is 6.42 Å². The summed E-state index contributed by atoms with van der Waals surface area (Å²) in [5, 5.41) is 0. The van der Waals surface area contributed by atoms with E-state index in [-0.39, 0.29) is 0 Å². The fourth-order valence-electron chi connectivity index (χ4n) is 2.11. The summed E-state index contributed by atoms with van der Waals surface area (Å²) in [4.78, 5) is 8.98. The quantitative estimate of drug-likeness (QED) is 0.895. The maximum absolute atomic E-state index is 5.88. The third-order valence-corrected chi connectivity index (χ3v) is 3.34. The molecule has 3 rings (SSSR count). The molecule has 1 fully saturated rings. The molecule has 18 heavy (non-hydrogen) atoms. The van der Waals surface area contributed by atoms with Crippen molar-refractivity contribution in [2.24, 2.45) is 0 Å². The molecule has 0 amide bonds. The van der Waals surface area contributed by atoms with Gasteiger partial charge in [-0.25, -0.2) is 9.97 Å². The lowest BCUT2D eigenvalue weighted by Gasteiger charge is -2.06. The molecule has 1 aromatic heterocycles. The van der Waals surface area contributed by atoms with Crippen molar-refractivity contribution in [1.82, 2.24) is 9.97 Å². The van der Waals surface area contributed by atoms with Gasteiger partial charge in [-0.1, -0.05) is 25.1 Å². The zero-order valence-electron chi connectivity index (χ0n) is 10.6. The van der Waals surface area contributed by atoms with Crippen LogP contribution in [0.5, 0.6) is 0 Å². The molecule has 1 aromatic carbocycles. The van der Waals surface area contributed by atoms with Crippen molar-refractivity contribution in [3.05, 3.63) is 41.7 Å². The highest BCUT2D eigenvalue weighted by molar-refractivity contribution is 5.62. The van der Waals surface area contributed by atoms with E-state index < -0.39 is 0 Å². The Morgan fingerprint density at radius 2 is 2.06 bits per heavy atom. The van der Waals surface area contributed by atoms with Gasteiger partial charge in [-0.3, -0.25) is 0 Å². The molecule has 0 atom stereocenters. The summed E-state index contributed by atoms with van der Waals surface area (Å²) in [5.74, 6) is 2.01. The lowest BCUT2D eigenvalue weighted by atomic mass is 10.1. The zero-order valence-corrected chi connectivity index (χ0v) is 10.6. The fraction of sp³-hybridized carbons (Fsp3) is 0.333. The number of benzene rings is 1. The van der Waals surface area contributed by atoms with Crippen LogP contribution in [0.3, 0.4) is 0 Å². The van der Waals surface area contributed by atoms with Crippen LogP contribution >= 0.6 is 0 Å². The van der Waals surface area contributed by atoms with Gasteiger partial charge < -0.3 is 5.73 Å². The molecule has 2 aromatic rings. The van der Waals surface area contributed by atoms with Crippen LogP contribution in [0.25, 0.3) is 11.3 Å². The number of aromatic nitrogens is 2. The molecule has 0 radical (unpaired) electrons. The predicted molar refractivity (Wildman–Crippen MR) is 73.2 cm³/mol. The average Bonchev–Trinajstić information content (AvgIpc) is 3.22. The first-order valence-corrected chi connectivity index (χ1v) is 6.50. The highest BCUT2D eigenvalue weighted by Gasteiger charge is 2.27. The minimum Gasteiger partial charge on any atom is -0.384 e. The summed E-state index contributed by atoms with van der Waals surface area (Å²) in [5.41, 5.74) is 9.27. The SMILES string of the molecule is CCc1cccc(-c2cc(N)nc(C3CC3)n2)c1. The van der Waals surface area contributed by atoms with E-state index in [1.165, 1.54) is 18.4 Å². The lowest BCUT2D eigenvalue weighted by molar-refractivity contribution is 0.936. The normalized spacial score (nSPS) is 14.7. The van der Waals surface area contributed by atoms with Crippen molar-refractivity contribution in [3.8, 4) is 11.3 Å². The Kier molecular flexibility index (Phi) is 2.74. The molecule has 1 saturated carbocycles. The van der Waals surface area contributed by atoms with Crippen LogP contribution in [0, 0.1) is 0 Å². The van der Waals surface area contributed by atoms with Crippen LogP contribution in [0.2, 0.25) is 0 Å². The number of hydrogen-bond donors (Lipinski definition) is 1. The van der Waals surface area contributed by atoms with Crippen LogP contribution < -0.4 is 5.73 Å². The minimum atomic E-state index is 0.529. The Balaban J connectivity index is 2.04. The standard InChI is InChI=1S/C15H17N3/c1-2-10-4-3-5-12(8-10)13-9-14(16)18-15(17-13)11-6-7-11/h3-5,8-9,11H,2,6-7H2,1H3,(H2,16,17,18). The monoisotopic (exact) mass is 239 g/mol. The Hall–Kier alpha value is -1.90. The highest BCUT2D eigenvalue weighted by Crippen LogP contribution is 2.39. The number of aryl methyl sites for hydroxylation is 1. The van der Waals surface area contributed by atoms with E-state index in [1.54, 1.807) is 0 Å². The summed E-state index contributed by atoms with van der Waals surface area (Å²) >= 11 is 0. The van der Waals surface area contributed by atoms with Gasteiger partial charge in [0.2, 0.25) is 0 Å². The summed E-state index contributed by atoms with van der Waals surface area (Å²) in [6.07, 6.45) is 3.42. The number of nitrogen functional groups attached to an aromatic ring is 1. The number of nitrogens with two attached hydrogens (primary N) is 1. The molecule has 1 aliphatic carbocycles. The molecule has 92 valence electrons. The number of anilines is 1. The van der Waals surface area contributed by atoms with E-state index in [9.17, 15) is 0 Å². The van der Waals surface area contributed by atoms with Crippen molar-refractivity contribution >= 4 is 5.82 Å². The topological polar surface area (TPSA) is 51.8 Å². The van der Waals surface area contributed by atoms with Gasteiger partial charge >= 0.3 is 0 Å². The Morgan fingerprint density at radius 3 is 2.78 bits per heavy atom. The smallest absolute Gasteiger partial charge is 0.134 e. The molecule has 1 aliphatic rings. The summed E-state index contributed by atoms with van der Waals surface area (Å²) in [6, 6.07) is 10.3. The van der Waals surface area contributed by atoms with Gasteiger partial charge in [0, 0.05) is 17.5 Å². The van der Waals surface area contributed by atoms with Gasteiger partial charge in [0.1, 0.15) is 11.6 Å². The second-order valence-electron chi connectivity index (χ2n) is 4.86. The molecule has 0 bridgehead atoms. The number of nitrogens with zero attached hydrogens (tertiary/aromatic N) is 2. The van der Waals surface area contributed by atoms with Crippen LogP contribution in [-0.4, -0.2) is 9.97 Å². The Labute approximate surface area is 107 Å². The van der Waals surface area contributed by atoms with Gasteiger partial charge in [-0.05, 0) is 30.9 Å². The van der Waals surface area contributed by atoms with E-state index in [1.807, 2.05) is 6.07 Å². The molecular weight excluding hydrogens is 222 g/mol. The number of rotatable bonds is 3. The number of hydrogen-bond acceptors (Lipinski definition) is 3. The summed E-state index contributed by atoms with van der Waals surface area (Å²) in [6.45, 7) is 2.16. The third-order valence-electron chi connectivity index (χ3n) is 3.34. The van der Waals surface area contributed by atoms with Gasteiger partial charge in [-0.15, -0.1) is 0 Å². The molecule has 0 aliphatic heterocycles. The van der Waals surface area contributed by atoms with Crippen molar-refractivity contribution in [2.75, 3.05) is 5.73 Å². The molecule has 1 heterocycles. The first-order valence-electron chi connectivity index (χ1n) is 6.50. The van der Waals surface area contributed by atoms with E-state index in [4.69, 9.17) is 5.73 Å². The summed E-state index contributed by atoms with van der Waals surface area (Å²) in [7, 11) is 0.